The van der Waals surface area contributed by atoms with Gasteiger partial charge in [-0.15, -0.1) is 5.10 Å². The van der Waals surface area contributed by atoms with Crippen LogP contribution >= 0.6 is 0 Å². The van der Waals surface area contributed by atoms with E-state index in [1.165, 1.54) is 36.8 Å². The lowest BCUT2D eigenvalue weighted by Gasteiger charge is -2.31. The second kappa shape index (κ2) is 15.4. The van der Waals surface area contributed by atoms with Crippen LogP contribution in [0.4, 0.5) is 0 Å². The number of benzene rings is 1. The summed E-state index contributed by atoms with van der Waals surface area (Å²) in [5, 5.41) is 23.8. The highest BCUT2D eigenvalue weighted by Crippen LogP contribution is 2.31. The Hall–Kier alpha value is -2.19. The number of aliphatic hydroxyl groups excluding tert-OH is 2. The summed E-state index contributed by atoms with van der Waals surface area (Å²) in [5.74, 6) is 0.563. The minimum atomic E-state index is -0.580. The van der Waals surface area contributed by atoms with E-state index in [4.69, 9.17) is 14.2 Å². The number of hydrogen-bond donors (Lipinski definition) is 2. The number of nitrogens with zero attached hydrogens (tertiary/aromatic N) is 2. The molecule has 2 aliphatic heterocycles. The topological polar surface area (TPSA) is 86.0 Å². The first-order chi connectivity index (χ1) is 18.5. The summed E-state index contributed by atoms with van der Waals surface area (Å²) in [6, 6.07) is 9.11. The highest BCUT2D eigenvalue weighted by Gasteiger charge is 2.31. The van der Waals surface area contributed by atoms with Crippen LogP contribution in [0.15, 0.2) is 35.9 Å². The van der Waals surface area contributed by atoms with Crippen molar-refractivity contribution < 1.29 is 24.4 Å². The van der Waals surface area contributed by atoms with E-state index in [2.05, 4.69) is 49.3 Å². The summed E-state index contributed by atoms with van der Waals surface area (Å²) in [5.41, 5.74) is 6.62. The average Bonchev–Trinajstić information content (AvgIpc) is 3.48. The lowest BCUT2D eigenvalue weighted by Crippen LogP contribution is -2.40. The second-order valence-corrected chi connectivity index (χ2v) is 10.2. The zero-order valence-corrected chi connectivity index (χ0v) is 24.0. The van der Waals surface area contributed by atoms with Gasteiger partial charge in [0.15, 0.2) is 0 Å². The van der Waals surface area contributed by atoms with Crippen molar-refractivity contribution in [3.05, 3.63) is 58.3 Å². The van der Waals surface area contributed by atoms with Crippen LogP contribution in [0.5, 0.6) is 5.88 Å². The molecular weight excluding hydrogens is 480 g/mol. The maximum absolute atomic E-state index is 9.90. The highest BCUT2D eigenvalue weighted by molar-refractivity contribution is 5.31. The second-order valence-electron chi connectivity index (χ2n) is 10.2. The maximum atomic E-state index is 9.90. The van der Waals surface area contributed by atoms with Crippen molar-refractivity contribution in [1.29, 1.82) is 0 Å². The molecule has 212 valence electrons. The summed E-state index contributed by atoms with van der Waals surface area (Å²) < 4.78 is 19.1. The maximum Gasteiger partial charge on any atom is 0.238 e. The molecule has 38 heavy (non-hydrogen) atoms. The fraction of sp³-hybridized carbons (Fsp3) is 0.645. The quantitative estimate of drug-likeness (QED) is 0.432. The predicted molar refractivity (Wildman–Crippen MR) is 151 cm³/mol. The third kappa shape index (κ3) is 8.94. The van der Waals surface area contributed by atoms with Crippen molar-refractivity contribution in [2.75, 3.05) is 19.8 Å². The van der Waals surface area contributed by atoms with Gasteiger partial charge in [0.05, 0.1) is 31.5 Å². The van der Waals surface area contributed by atoms with Crippen LogP contribution in [0.25, 0.3) is 0 Å². The van der Waals surface area contributed by atoms with Crippen LogP contribution in [0, 0.1) is 13.8 Å². The molecule has 1 aromatic heterocycles. The summed E-state index contributed by atoms with van der Waals surface area (Å²) in [7, 11) is 0. The minimum Gasteiger partial charge on any atom is -0.446 e. The summed E-state index contributed by atoms with van der Waals surface area (Å²) >= 11 is 0. The predicted octanol–water partition coefficient (Wildman–Crippen LogP) is 5.63. The molecule has 2 N–H and O–H groups in total. The number of aliphatic hydroxyl groups is 2. The van der Waals surface area contributed by atoms with Gasteiger partial charge in [-0.2, -0.15) is 0 Å². The van der Waals surface area contributed by atoms with Gasteiger partial charge in [0.2, 0.25) is 12.2 Å². The molecule has 1 saturated carbocycles. The van der Waals surface area contributed by atoms with E-state index in [1.807, 2.05) is 25.5 Å². The molecule has 0 amide bonds. The first-order valence-corrected chi connectivity index (χ1v) is 14.5. The summed E-state index contributed by atoms with van der Waals surface area (Å²) in [6.45, 7) is 11.6. The van der Waals surface area contributed by atoms with Gasteiger partial charge in [0, 0.05) is 30.7 Å². The first-order valence-electron chi connectivity index (χ1n) is 14.5. The van der Waals surface area contributed by atoms with Crippen molar-refractivity contribution >= 4 is 0 Å². The normalized spacial score (nSPS) is 24.1. The van der Waals surface area contributed by atoms with E-state index in [0.29, 0.717) is 25.3 Å². The number of hydrogen-bond acceptors (Lipinski definition) is 6. The molecule has 7 nitrogen and oxygen atoms in total. The zero-order valence-electron chi connectivity index (χ0n) is 24.0. The molecule has 4 atom stereocenters. The molecular formula is C31H48N2O5. The number of allylic oxidation sites excluding steroid dienone is 2. The van der Waals surface area contributed by atoms with Crippen molar-refractivity contribution in [2.24, 2.45) is 0 Å². The SMILES string of the molecule is CC.CCc1c(OC2CC(O)CC(CO)O2)nn(C2CCOC2)c1C.Cc1ccc(CCC=C2CC2)cc1. The third-order valence-corrected chi connectivity index (χ3v) is 7.16. The van der Waals surface area contributed by atoms with E-state index in [-0.39, 0.29) is 18.8 Å². The van der Waals surface area contributed by atoms with Crippen LogP contribution in [0.3, 0.4) is 0 Å². The smallest absolute Gasteiger partial charge is 0.238 e. The molecule has 2 saturated heterocycles. The molecule has 7 heteroatoms. The van der Waals surface area contributed by atoms with Gasteiger partial charge in [-0.1, -0.05) is 62.2 Å². The Morgan fingerprint density at radius 3 is 2.47 bits per heavy atom. The van der Waals surface area contributed by atoms with Gasteiger partial charge in [0.1, 0.15) is 0 Å². The first kappa shape index (κ1) is 30.4. The van der Waals surface area contributed by atoms with Crippen LogP contribution in [0.1, 0.15) is 87.7 Å². The van der Waals surface area contributed by atoms with Gasteiger partial charge in [-0.05, 0) is 57.9 Å². The molecule has 0 bridgehead atoms. The lowest BCUT2D eigenvalue weighted by atomic mass is 10.1. The largest absolute Gasteiger partial charge is 0.446 e. The van der Waals surface area contributed by atoms with Gasteiger partial charge in [-0.3, -0.25) is 4.68 Å². The fourth-order valence-corrected chi connectivity index (χ4v) is 4.84. The van der Waals surface area contributed by atoms with E-state index >= 15 is 0 Å². The fourth-order valence-electron chi connectivity index (χ4n) is 4.84. The van der Waals surface area contributed by atoms with Crippen LogP contribution in [-0.2, 0) is 22.3 Å². The summed E-state index contributed by atoms with van der Waals surface area (Å²) in [4.78, 5) is 0. The standard InChI is InChI=1S/C16H26N2O5.C13H16.C2H6/c1-3-14-10(2)18(11-4-5-21-9-11)17-16(14)23-15-7-12(20)6-13(8-19)22-15;1-11-5-7-12(8-6-11)3-2-4-13-9-10-13;1-2/h11-13,15,19-20H,3-9H2,1-2H3;4-8H,2-3,9-10H2,1H3;1-2H3. The molecule has 3 aliphatic rings. The molecule has 1 aliphatic carbocycles. The van der Waals surface area contributed by atoms with Crippen molar-refractivity contribution in [1.82, 2.24) is 9.78 Å². The van der Waals surface area contributed by atoms with Gasteiger partial charge >= 0.3 is 0 Å². The summed E-state index contributed by atoms with van der Waals surface area (Å²) in [6.07, 6.45) is 8.63. The molecule has 3 fully saturated rings. The molecule has 3 heterocycles. The van der Waals surface area contributed by atoms with E-state index in [1.54, 1.807) is 5.57 Å². The van der Waals surface area contributed by atoms with Gasteiger partial charge in [0.25, 0.3) is 0 Å². The van der Waals surface area contributed by atoms with Gasteiger partial charge in [-0.25, -0.2) is 0 Å². The molecule has 0 radical (unpaired) electrons. The molecule has 2 aromatic rings. The Bertz CT molecular complexity index is 988. The number of aryl methyl sites for hydroxylation is 2. The van der Waals surface area contributed by atoms with Crippen LogP contribution < -0.4 is 4.74 Å². The highest BCUT2D eigenvalue weighted by atomic mass is 16.7. The Morgan fingerprint density at radius 1 is 1.13 bits per heavy atom. The Balaban J connectivity index is 0.000000225. The third-order valence-electron chi connectivity index (χ3n) is 7.16. The van der Waals surface area contributed by atoms with Crippen LogP contribution in [0.2, 0.25) is 0 Å². The van der Waals surface area contributed by atoms with Crippen molar-refractivity contribution in [3.8, 4) is 5.88 Å². The average molecular weight is 529 g/mol. The molecule has 0 spiro atoms. The van der Waals surface area contributed by atoms with Crippen molar-refractivity contribution in [3.63, 3.8) is 0 Å². The number of rotatable bonds is 8. The lowest BCUT2D eigenvalue weighted by molar-refractivity contribution is -0.186. The van der Waals surface area contributed by atoms with E-state index in [9.17, 15) is 10.2 Å². The Labute approximate surface area is 228 Å². The minimum absolute atomic E-state index is 0.121. The van der Waals surface area contributed by atoms with Crippen molar-refractivity contribution in [2.45, 2.75) is 111 Å². The molecule has 1 aromatic carbocycles. The Morgan fingerprint density at radius 2 is 1.87 bits per heavy atom. The Kier molecular flexibility index (Phi) is 12.3. The van der Waals surface area contributed by atoms with Gasteiger partial charge < -0.3 is 24.4 Å². The van der Waals surface area contributed by atoms with E-state index < -0.39 is 12.4 Å². The van der Waals surface area contributed by atoms with Crippen LogP contribution in [-0.4, -0.2) is 58.3 Å². The zero-order chi connectivity index (χ0) is 27.5. The van der Waals surface area contributed by atoms with E-state index in [0.717, 1.165) is 30.7 Å². The number of ether oxygens (including phenoxy) is 3. The molecule has 5 rings (SSSR count). The monoisotopic (exact) mass is 528 g/mol. The molecule has 4 unspecified atom stereocenters. The number of aromatic nitrogens is 2.